The van der Waals surface area contributed by atoms with E-state index in [0.29, 0.717) is 42.1 Å². The minimum absolute atomic E-state index is 0.0431. The third-order valence-electron chi connectivity index (χ3n) is 7.60. The van der Waals surface area contributed by atoms with Gasteiger partial charge < -0.3 is 15.4 Å². The number of halogens is 2. The maximum absolute atomic E-state index is 12.9. The summed E-state index contributed by atoms with van der Waals surface area (Å²) in [6.45, 7) is 2.86. The van der Waals surface area contributed by atoms with Crippen molar-refractivity contribution in [3.63, 3.8) is 0 Å². The number of nitro groups is 1. The summed E-state index contributed by atoms with van der Waals surface area (Å²) in [6.07, 6.45) is 9.71. The lowest BCUT2D eigenvalue weighted by molar-refractivity contribution is -0.389. The minimum atomic E-state index is -0.512. The molecule has 0 aromatic carbocycles. The molecule has 0 aliphatic heterocycles. The SMILES string of the molecule is Cc1c(Cl)c([N+](=O)[O-])nn1C12CC3CC(CC(CC(=O)NCCn4cc(Cl)cn4)(C3)C1)C2. The summed E-state index contributed by atoms with van der Waals surface area (Å²) in [5.41, 5.74) is 0.263. The van der Waals surface area contributed by atoms with Crippen LogP contribution < -0.4 is 5.32 Å². The van der Waals surface area contributed by atoms with Gasteiger partial charge in [0, 0.05) is 19.2 Å². The van der Waals surface area contributed by atoms with Crippen molar-refractivity contribution in [2.45, 2.75) is 64.0 Å². The normalized spacial score (nSPS) is 30.6. The van der Waals surface area contributed by atoms with Crippen molar-refractivity contribution in [1.82, 2.24) is 24.9 Å². The van der Waals surface area contributed by atoms with Crippen molar-refractivity contribution in [2.24, 2.45) is 17.3 Å². The van der Waals surface area contributed by atoms with Gasteiger partial charge in [-0.25, -0.2) is 0 Å². The second kappa shape index (κ2) is 7.73. The number of carbonyl (C=O) groups is 1. The Morgan fingerprint density at radius 2 is 2.03 bits per heavy atom. The molecule has 1 N–H and O–H groups in total. The number of aromatic nitrogens is 4. The first kappa shape index (κ1) is 21.7. The molecule has 4 fully saturated rings. The fraction of sp³-hybridized carbons (Fsp3) is 0.667. The van der Waals surface area contributed by atoms with Gasteiger partial charge in [-0.05, 0) is 67.6 Å². The Balaban J connectivity index is 1.33. The molecule has 4 aliphatic rings. The van der Waals surface area contributed by atoms with Crippen LogP contribution in [0.4, 0.5) is 5.82 Å². The first-order valence-electron chi connectivity index (χ1n) is 11.0. The van der Waals surface area contributed by atoms with Gasteiger partial charge in [-0.2, -0.15) is 9.78 Å². The number of hydrogen-bond donors (Lipinski definition) is 1. The average Bonchev–Trinajstić information content (AvgIpc) is 3.24. The van der Waals surface area contributed by atoms with Gasteiger partial charge in [-0.15, -0.1) is 0 Å². The molecule has 2 aromatic rings. The maximum atomic E-state index is 12.9. The molecular formula is C21H26Cl2N6O3. The standard InChI is InChI=1S/C21H26Cl2N6O3/c1-13-18(23)19(29(31)32)26-28(13)21-7-14-4-15(8-21)6-20(5-14,12-21)9-17(30)24-2-3-27-11-16(22)10-25-27/h10-11,14-15H,2-9,12H2,1H3,(H,24,30). The van der Waals surface area contributed by atoms with E-state index in [1.807, 2.05) is 11.6 Å². The Morgan fingerprint density at radius 1 is 1.31 bits per heavy atom. The van der Waals surface area contributed by atoms with Crippen LogP contribution in [-0.4, -0.2) is 36.9 Å². The number of hydrogen-bond acceptors (Lipinski definition) is 5. The summed E-state index contributed by atoms with van der Waals surface area (Å²) >= 11 is 12.2. The Morgan fingerprint density at radius 3 is 2.62 bits per heavy atom. The molecule has 0 saturated heterocycles. The van der Waals surface area contributed by atoms with Gasteiger partial charge in [0.2, 0.25) is 5.91 Å². The highest BCUT2D eigenvalue weighted by Crippen LogP contribution is 2.65. The summed E-state index contributed by atoms with van der Waals surface area (Å²) in [6, 6.07) is 0. The predicted octanol–water partition coefficient (Wildman–Crippen LogP) is 4.11. The molecule has 11 heteroatoms. The van der Waals surface area contributed by atoms with Gasteiger partial charge >= 0.3 is 5.82 Å². The lowest BCUT2D eigenvalue weighted by atomic mass is 9.46. The van der Waals surface area contributed by atoms with E-state index in [1.54, 1.807) is 17.1 Å². The number of nitrogens with zero attached hydrogens (tertiary/aromatic N) is 5. The third-order valence-corrected chi connectivity index (χ3v) is 8.24. The molecule has 9 nitrogen and oxygen atoms in total. The van der Waals surface area contributed by atoms with Gasteiger partial charge in [0.25, 0.3) is 0 Å². The smallest absolute Gasteiger partial charge is 0.358 e. The van der Waals surface area contributed by atoms with Crippen LogP contribution in [0.3, 0.4) is 0 Å². The van der Waals surface area contributed by atoms with Crippen LogP contribution in [0.5, 0.6) is 0 Å². The molecule has 0 spiro atoms. The molecule has 2 atom stereocenters. The summed E-state index contributed by atoms with van der Waals surface area (Å²) in [5, 5.41) is 23.6. The van der Waals surface area contributed by atoms with Gasteiger partial charge in [0.1, 0.15) is 0 Å². The predicted molar refractivity (Wildman–Crippen MR) is 119 cm³/mol. The van der Waals surface area contributed by atoms with E-state index < -0.39 is 4.92 Å². The lowest BCUT2D eigenvalue weighted by Gasteiger charge is -2.61. The minimum Gasteiger partial charge on any atom is -0.358 e. The summed E-state index contributed by atoms with van der Waals surface area (Å²) < 4.78 is 3.54. The first-order valence-corrected chi connectivity index (χ1v) is 11.8. The molecule has 2 aromatic heterocycles. The zero-order valence-electron chi connectivity index (χ0n) is 17.9. The van der Waals surface area contributed by atoms with E-state index in [-0.39, 0.29) is 27.7 Å². The molecule has 4 aliphatic carbocycles. The molecule has 6 rings (SSSR count). The topological polar surface area (TPSA) is 108 Å². The van der Waals surface area contributed by atoms with E-state index in [0.717, 1.165) is 32.1 Å². The lowest BCUT2D eigenvalue weighted by Crippen LogP contribution is -2.58. The van der Waals surface area contributed by atoms with Crippen LogP contribution in [0.15, 0.2) is 12.4 Å². The van der Waals surface area contributed by atoms with E-state index >= 15 is 0 Å². The highest BCUT2D eigenvalue weighted by atomic mass is 35.5. The van der Waals surface area contributed by atoms with Gasteiger partial charge in [0.15, 0.2) is 5.02 Å². The van der Waals surface area contributed by atoms with Crippen molar-refractivity contribution >= 4 is 34.9 Å². The van der Waals surface area contributed by atoms with E-state index in [9.17, 15) is 14.9 Å². The molecule has 32 heavy (non-hydrogen) atoms. The van der Waals surface area contributed by atoms with Crippen LogP contribution in [0.2, 0.25) is 10.0 Å². The van der Waals surface area contributed by atoms with Crippen molar-refractivity contribution in [2.75, 3.05) is 6.54 Å². The van der Waals surface area contributed by atoms with Gasteiger partial charge in [-0.1, -0.05) is 23.2 Å². The molecule has 4 bridgehead atoms. The van der Waals surface area contributed by atoms with Gasteiger partial charge in [-0.3, -0.25) is 9.48 Å². The molecule has 172 valence electrons. The van der Waals surface area contributed by atoms with Crippen molar-refractivity contribution < 1.29 is 9.72 Å². The van der Waals surface area contributed by atoms with E-state index in [4.69, 9.17) is 23.2 Å². The van der Waals surface area contributed by atoms with Crippen LogP contribution in [0.25, 0.3) is 0 Å². The molecule has 4 saturated carbocycles. The zero-order chi connectivity index (χ0) is 22.7. The number of amides is 1. The molecule has 1 amide bonds. The Kier molecular flexibility index (Phi) is 5.24. The molecule has 0 radical (unpaired) electrons. The Hall–Kier alpha value is -2.13. The van der Waals surface area contributed by atoms with Crippen LogP contribution in [-0.2, 0) is 16.9 Å². The zero-order valence-corrected chi connectivity index (χ0v) is 19.4. The second-order valence-corrected chi connectivity index (χ2v) is 10.8. The van der Waals surface area contributed by atoms with Crippen LogP contribution in [0.1, 0.15) is 50.6 Å². The fourth-order valence-corrected chi connectivity index (χ4v) is 7.42. The fourth-order valence-electron chi connectivity index (χ4n) is 7.08. The summed E-state index contributed by atoms with van der Waals surface area (Å²) in [5.74, 6) is 0.792. The number of rotatable bonds is 7. The summed E-state index contributed by atoms with van der Waals surface area (Å²) in [4.78, 5) is 23.8. The number of nitrogens with one attached hydrogen (secondary N) is 1. The average molecular weight is 481 g/mol. The highest BCUT2D eigenvalue weighted by Gasteiger charge is 2.60. The first-order chi connectivity index (χ1) is 15.2. The van der Waals surface area contributed by atoms with Crippen molar-refractivity contribution in [1.29, 1.82) is 0 Å². The largest absolute Gasteiger partial charge is 0.408 e. The number of carbonyl (C=O) groups excluding carboxylic acids is 1. The molecule has 2 heterocycles. The van der Waals surface area contributed by atoms with Crippen LogP contribution >= 0.6 is 23.2 Å². The van der Waals surface area contributed by atoms with E-state index in [2.05, 4.69) is 15.5 Å². The highest BCUT2D eigenvalue weighted by molar-refractivity contribution is 6.33. The monoisotopic (exact) mass is 480 g/mol. The third kappa shape index (κ3) is 3.69. The molecular weight excluding hydrogens is 455 g/mol. The quantitative estimate of drug-likeness (QED) is 0.473. The van der Waals surface area contributed by atoms with Crippen molar-refractivity contribution in [3.8, 4) is 0 Å². The maximum Gasteiger partial charge on any atom is 0.408 e. The Bertz CT molecular complexity index is 1070. The summed E-state index contributed by atoms with van der Waals surface area (Å²) in [7, 11) is 0. The van der Waals surface area contributed by atoms with Gasteiger partial charge in [0.05, 0.1) is 34.1 Å². The Labute approximate surface area is 195 Å². The van der Waals surface area contributed by atoms with E-state index in [1.165, 1.54) is 6.42 Å². The van der Waals surface area contributed by atoms with Crippen LogP contribution in [0, 0.1) is 34.3 Å². The second-order valence-electron chi connectivity index (χ2n) is 10.0. The van der Waals surface area contributed by atoms with Crippen molar-refractivity contribution in [3.05, 3.63) is 38.2 Å². The molecule has 2 unspecified atom stereocenters.